The number of rotatable bonds is 8. The summed E-state index contributed by atoms with van der Waals surface area (Å²) in [4.78, 5) is 35.9. The molecule has 210 valence electrons. The van der Waals surface area contributed by atoms with Gasteiger partial charge in [0.05, 0.1) is 0 Å². The third-order valence-electron chi connectivity index (χ3n) is 8.77. The normalized spacial score (nSPS) is 24.4. The van der Waals surface area contributed by atoms with Gasteiger partial charge in [-0.05, 0) is 70.3 Å². The van der Waals surface area contributed by atoms with E-state index in [0.717, 1.165) is 70.3 Å². The number of carbonyl (C=O) groups excluding carboxylic acids is 2. The Bertz CT molecular complexity index is 1130. The molecule has 11 heteroatoms. The summed E-state index contributed by atoms with van der Waals surface area (Å²) < 4.78 is 0. The molecule has 0 aromatic carbocycles. The monoisotopic (exact) mass is 535 g/mol. The number of likely N-dealkylation sites (tertiary alicyclic amines) is 1. The topological polar surface area (TPSA) is 140 Å². The van der Waals surface area contributed by atoms with Gasteiger partial charge >= 0.3 is 6.03 Å². The Balaban J connectivity index is 0.907. The van der Waals surface area contributed by atoms with Gasteiger partial charge in [0.1, 0.15) is 5.82 Å². The van der Waals surface area contributed by atoms with Gasteiger partial charge in [-0.2, -0.15) is 10.1 Å². The first-order chi connectivity index (χ1) is 19.1. The average Bonchev–Trinajstić information content (AvgIpc) is 3.44. The lowest BCUT2D eigenvalue weighted by Gasteiger charge is -2.33. The largest absolute Gasteiger partial charge is 0.351 e. The van der Waals surface area contributed by atoms with E-state index in [2.05, 4.69) is 47.5 Å². The van der Waals surface area contributed by atoms with Gasteiger partial charge in [-0.3, -0.25) is 9.89 Å². The molecule has 1 aliphatic heterocycles. The lowest BCUT2D eigenvalue weighted by molar-refractivity contribution is -0.133. The van der Waals surface area contributed by atoms with Crippen LogP contribution in [0.15, 0.2) is 18.3 Å². The SMILES string of the molecule is O=C(NC1CCC(Nc2nccc(Nc3cc(C4CCCC4)[nH]n3)n2)CC1)NC1CCN(C(=O)C2CC2)CC1. The fourth-order valence-electron chi connectivity index (χ4n) is 6.29. The van der Waals surface area contributed by atoms with Gasteiger partial charge in [0.2, 0.25) is 11.9 Å². The number of nitrogens with zero attached hydrogens (tertiary/aromatic N) is 4. The highest BCUT2D eigenvalue weighted by atomic mass is 16.2. The Hall–Kier alpha value is -3.37. The molecule has 3 aliphatic carbocycles. The molecule has 6 rings (SSSR count). The van der Waals surface area contributed by atoms with Crippen LogP contribution in [0.4, 0.5) is 22.4 Å². The summed E-state index contributed by atoms with van der Waals surface area (Å²) in [5.41, 5.74) is 1.20. The number of urea groups is 1. The van der Waals surface area contributed by atoms with Crippen molar-refractivity contribution in [1.29, 1.82) is 0 Å². The summed E-state index contributed by atoms with van der Waals surface area (Å²) in [5, 5.41) is 20.7. The minimum absolute atomic E-state index is 0.0880. The quantitative estimate of drug-likeness (QED) is 0.344. The standard InChI is InChI=1S/C28H41N9O2/c38-26(19-5-6-19)37-15-12-22(13-16-37)32-28(39)31-21-9-7-20(8-10-21)30-27-29-14-11-24(34-27)33-25-17-23(35-36-25)18-3-1-2-4-18/h11,14,17-22H,1-10,12-13,15-16H2,(H2,31,32,39)(H3,29,30,33,34,35,36). The molecule has 0 unspecified atom stereocenters. The first-order valence-corrected chi connectivity index (χ1v) is 14.9. The average molecular weight is 536 g/mol. The van der Waals surface area contributed by atoms with Crippen LogP contribution in [0.3, 0.4) is 0 Å². The molecule has 5 N–H and O–H groups in total. The molecule has 2 aromatic rings. The number of piperidine rings is 1. The molecule has 1 saturated heterocycles. The van der Waals surface area contributed by atoms with Crippen LogP contribution in [0.5, 0.6) is 0 Å². The number of carbonyl (C=O) groups is 2. The number of aromatic nitrogens is 4. The van der Waals surface area contributed by atoms with Crippen molar-refractivity contribution in [3.8, 4) is 0 Å². The Morgan fingerprint density at radius 2 is 1.54 bits per heavy atom. The number of nitrogens with one attached hydrogen (secondary N) is 5. The summed E-state index contributed by atoms with van der Waals surface area (Å²) in [7, 11) is 0. The predicted octanol–water partition coefficient (Wildman–Crippen LogP) is 4.02. The minimum Gasteiger partial charge on any atom is -0.351 e. The molecular weight excluding hydrogens is 494 g/mol. The number of hydrogen-bond donors (Lipinski definition) is 5. The number of anilines is 3. The highest BCUT2D eigenvalue weighted by molar-refractivity contribution is 5.81. The third kappa shape index (κ3) is 6.80. The zero-order valence-corrected chi connectivity index (χ0v) is 22.6. The molecule has 0 bridgehead atoms. The van der Waals surface area contributed by atoms with Gasteiger partial charge in [0.15, 0.2) is 5.82 Å². The van der Waals surface area contributed by atoms with Crippen molar-refractivity contribution in [2.24, 2.45) is 5.92 Å². The van der Waals surface area contributed by atoms with E-state index in [9.17, 15) is 9.59 Å². The molecule has 4 fully saturated rings. The minimum atomic E-state index is -0.0880. The van der Waals surface area contributed by atoms with Crippen LogP contribution in [0, 0.1) is 5.92 Å². The number of aromatic amines is 1. The maximum absolute atomic E-state index is 12.6. The van der Waals surface area contributed by atoms with Gasteiger partial charge in [-0.25, -0.2) is 9.78 Å². The second-order valence-electron chi connectivity index (χ2n) is 11.8. The summed E-state index contributed by atoms with van der Waals surface area (Å²) in [6.07, 6.45) is 14.3. The van der Waals surface area contributed by atoms with Gasteiger partial charge < -0.3 is 26.2 Å². The molecule has 39 heavy (non-hydrogen) atoms. The maximum Gasteiger partial charge on any atom is 0.315 e. The van der Waals surface area contributed by atoms with Gasteiger partial charge in [0.25, 0.3) is 0 Å². The lowest BCUT2D eigenvalue weighted by atomic mass is 9.91. The molecule has 4 aliphatic rings. The van der Waals surface area contributed by atoms with E-state index in [1.54, 1.807) is 6.20 Å². The second kappa shape index (κ2) is 11.8. The van der Waals surface area contributed by atoms with Crippen molar-refractivity contribution in [1.82, 2.24) is 35.7 Å². The van der Waals surface area contributed by atoms with Crippen molar-refractivity contribution < 1.29 is 9.59 Å². The van der Waals surface area contributed by atoms with Gasteiger partial charge in [0, 0.05) is 61.0 Å². The van der Waals surface area contributed by atoms with E-state index >= 15 is 0 Å². The first kappa shape index (κ1) is 25.9. The maximum atomic E-state index is 12.6. The molecule has 0 atom stereocenters. The van der Waals surface area contributed by atoms with Crippen LogP contribution in [0.2, 0.25) is 0 Å². The van der Waals surface area contributed by atoms with Crippen LogP contribution >= 0.6 is 0 Å². The number of amides is 3. The Morgan fingerprint density at radius 3 is 2.26 bits per heavy atom. The fraction of sp³-hybridized carbons (Fsp3) is 0.679. The van der Waals surface area contributed by atoms with E-state index in [1.807, 2.05) is 11.0 Å². The molecule has 0 spiro atoms. The lowest BCUT2D eigenvalue weighted by Crippen LogP contribution is -2.51. The highest BCUT2D eigenvalue weighted by Gasteiger charge is 2.35. The van der Waals surface area contributed by atoms with E-state index in [4.69, 9.17) is 0 Å². The fourth-order valence-corrected chi connectivity index (χ4v) is 6.29. The van der Waals surface area contributed by atoms with E-state index in [1.165, 1.54) is 31.4 Å². The van der Waals surface area contributed by atoms with E-state index in [-0.39, 0.29) is 30.1 Å². The number of H-pyrrole nitrogens is 1. The van der Waals surface area contributed by atoms with Crippen molar-refractivity contribution in [3.05, 3.63) is 24.0 Å². The zero-order valence-electron chi connectivity index (χ0n) is 22.6. The Kier molecular flexibility index (Phi) is 7.83. The second-order valence-corrected chi connectivity index (χ2v) is 11.8. The molecule has 0 radical (unpaired) electrons. The van der Waals surface area contributed by atoms with E-state index < -0.39 is 0 Å². The first-order valence-electron chi connectivity index (χ1n) is 14.9. The van der Waals surface area contributed by atoms with Gasteiger partial charge in [-0.15, -0.1) is 0 Å². The van der Waals surface area contributed by atoms with Gasteiger partial charge in [-0.1, -0.05) is 12.8 Å². The van der Waals surface area contributed by atoms with Crippen LogP contribution in [-0.4, -0.2) is 68.2 Å². The smallest absolute Gasteiger partial charge is 0.315 e. The van der Waals surface area contributed by atoms with Crippen molar-refractivity contribution >= 4 is 29.5 Å². The zero-order chi connectivity index (χ0) is 26.6. The predicted molar refractivity (Wildman–Crippen MR) is 149 cm³/mol. The van der Waals surface area contributed by atoms with Crippen LogP contribution in [0.25, 0.3) is 0 Å². The van der Waals surface area contributed by atoms with Crippen LogP contribution in [0.1, 0.15) is 88.7 Å². The van der Waals surface area contributed by atoms with Crippen molar-refractivity contribution in [3.63, 3.8) is 0 Å². The molecular formula is C28H41N9O2. The molecule has 3 saturated carbocycles. The highest BCUT2D eigenvalue weighted by Crippen LogP contribution is 2.34. The summed E-state index contributed by atoms with van der Waals surface area (Å²) >= 11 is 0. The van der Waals surface area contributed by atoms with Crippen molar-refractivity contribution in [2.75, 3.05) is 23.7 Å². The van der Waals surface area contributed by atoms with Crippen LogP contribution < -0.4 is 21.3 Å². The third-order valence-corrected chi connectivity index (χ3v) is 8.77. The molecule has 11 nitrogen and oxygen atoms in total. The summed E-state index contributed by atoms with van der Waals surface area (Å²) in [6, 6.07) is 4.43. The van der Waals surface area contributed by atoms with E-state index in [0.29, 0.717) is 23.6 Å². The van der Waals surface area contributed by atoms with Crippen LogP contribution in [-0.2, 0) is 4.79 Å². The molecule has 2 aromatic heterocycles. The Morgan fingerprint density at radius 1 is 0.846 bits per heavy atom. The summed E-state index contributed by atoms with van der Waals surface area (Å²) in [6.45, 7) is 1.50. The van der Waals surface area contributed by atoms with Crippen molar-refractivity contribution in [2.45, 2.75) is 101 Å². The number of hydrogen-bond acceptors (Lipinski definition) is 7. The summed E-state index contributed by atoms with van der Waals surface area (Å²) in [5.74, 6) is 3.27. The molecule has 3 heterocycles. The molecule has 3 amide bonds. The Labute approximate surface area is 229 Å².